The first-order valence-corrected chi connectivity index (χ1v) is 8.17. The van der Waals surface area contributed by atoms with Crippen LogP contribution in [0.2, 0.25) is 5.02 Å². The number of para-hydroxylation sites is 1. The van der Waals surface area contributed by atoms with Gasteiger partial charge in [0.25, 0.3) is 0 Å². The molecule has 1 heterocycles. The summed E-state index contributed by atoms with van der Waals surface area (Å²) < 4.78 is 5.43. The summed E-state index contributed by atoms with van der Waals surface area (Å²) in [5.41, 5.74) is 8.16. The van der Waals surface area contributed by atoms with Gasteiger partial charge in [0.1, 0.15) is 17.8 Å². The van der Waals surface area contributed by atoms with Crippen molar-refractivity contribution < 1.29 is 4.74 Å². The Kier molecular flexibility index (Phi) is 5.20. The van der Waals surface area contributed by atoms with Gasteiger partial charge in [0.05, 0.1) is 17.3 Å². The van der Waals surface area contributed by atoms with Crippen LogP contribution in [0.5, 0.6) is 5.75 Å². The lowest BCUT2D eigenvalue weighted by Gasteiger charge is -2.13. The molecule has 25 heavy (non-hydrogen) atoms. The SMILES string of the molecule is CCOc1ccc(Nc2ncnc(Nc3ccccc3Cl)c2N)cc1. The van der Waals surface area contributed by atoms with Crippen molar-refractivity contribution in [2.24, 2.45) is 0 Å². The van der Waals surface area contributed by atoms with Gasteiger partial charge in [0.15, 0.2) is 11.6 Å². The van der Waals surface area contributed by atoms with Crippen molar-refractivity contribution >= 4 is 40.3 Å². The van der Waals surface area contributed by atoms with E-state index in [0.29, 0.717) is 29.0 Å². The molecule has 3 aromatic rings. The zero-order valence-corrected chi connectivity index (χ0v) is 14.4. The third-order valence-electron chi connectivity index (χ3n) is 3.44. The van der Waals surface area contributed by atoms with Crippen LogP contribution in [-0.4, -0.2) is 16.6 Å². The van der Waals surface area contributed by atoms with Gasteiger partial charge in [0.2, 0.25) is 0 Å². The molecule has 0 atom stereocenters. The second-order valence-electron chi connectivity index (χ2n) is 5.17. The molecule has 0 aliphatic heterocycles. The third-order valence-corrected chi connectivity index (χ3v) is 3.77. The van der Waals surface area contributed by atoms with Crippen molar-refractivity contribution in [3.05, 3.63) is 59.9 Å². The van der Waals surface area contributed by atoms with Gasteiger partial charge in [-0.15, -0.1) is 0 Å². The van der Waals surface area contributed by atoms with Gasteiger partial charge in [0, 0.05) is 5.69 Å². The fourth-order valence-electron chi connectivity index (χ4n) is 2.22. The maximum absolute atomic E-state index is 6.19. The summed E-state index contributed by atoms with van der Waals surface area (Å²) in [6, 6.07) is 14.9. The van der Waals surface area contributed by atoms with Crippen molar-refractivity contribution in [1.29, 1.82) is 0 Å². The Balaban J connectivity index is 1.80. The average Bonchev–Trinajstić information content (AvgIpc) is 2.62. The van der Waals surface area contributed by atoms with Crippen molar-refractivity contribution in [2.45, 2.75) is 6.92 Å². The van der Waals surface area contributed by atoms with E-state index in [1.165, 1.54) is 6.33 Å². The molecule has 0 unspecified atom stereocenters. The molecule has 6 nitrogen and oxygen atoms in total. The minimum Gasteiger partial charge on any atom is -0.494 e. The molecule has 1 aromatic heterocycles. The van der Waals surface area contributed by atoms with Crippen LogP contribution in [0.4, 0.5) is 28.7 Å². The number of halogens is 1. The Morgan fingerprint density at radius 2 is 1.68 bits per heavy atom. The highest BCUT2D eigenvalue weighted by atomic mass is 35.5. The summed E-state index contributed by atoms with van der Waals surface area (Å²) in [6.07, 6.45) is 1.44. The summed E-state index contributed by atoms with van der Waals surface area (Å²) in [5, 5.41) is 6.89. The number of hydrogen-bond donors (Lipinski definition) is 3. The van der Waals surface area contributed by atoms with Crippen LogP contribution in [0.15, 0.2) is 54.9 Å². The number of nitrogens with one attached hydrogen (secondary N) is 2. The lowest BCUT2D eigenvalue weighted by Crippen LogP contribution is -2.05. The van der Waals surface area contributed by atoms with Gasteiger partial charge in [-0.3, -0.25) is 0 Å². The molecular formula is C18H18ClN5O. The van der Waals surface area contributed by atoms with Crippen molar-refractivity contribution in [1.82, 2.24) is 9.97 Å². The maximum Gasteiger partial charge on any atom is 0.159 e. The van der Waals surface area contributed by atoms with Crippen LogP contribution in [0, 0.1) is 0 Å². The second kappa shape index (κ2) is 7.72. The highest BCUT2D eigenvalue weighted by molar-refractivity contribution is 6.33. The second-order valence-corrected chi connectivity index (χ2v) is 5.58. The van der Waals surface area contributed by atoms with Crippen LogP contribution < -0.4 is 21.1 Å². The van der Waals surface area contributed by atoms with E-state index in [9.17, 15) is 0 Å². The summed E-state index contributed by atoms with van der Waals surface area (Å²) in [7, 11) is 0. The number of ether oxygens (including phenoxy) is 1. The van der Waals surface area contributed by atoms with Crippen LogP contribution in [0.3, 0.4) is 0 Å². The number of nitrogens with zero attached hydrogens (tertiary/aromatic N) is 2. The maximum atomic E-state index is 6.19. The van der Waals surface area contributed by atoms with E-state index in [2.05, 4.69) is 20.6 Å². The number of anilines is 5. The molecule has 0 saturated carbocycles. The first-order valence-electron chi connectivity index (χ1n) is 7.79. The quantitative estimate of drug-likeness (QED) is 0.599. The Morgan fingerprint density at radius 3 is 2.36 bits per heavy atom. The van der Waals surface area contributed by atoms with E-state index >= 15 is 0 Å². The largest absolute Gasteiger partial charge is 0.494 e. The minimum absolute atomic E-state index is 0.399. The Bertz CT molecular complexity index is 854. The number of rotatable bonds is 6. The number of aromatic nitrogens is 2. The molecule has 0 fully saturated rings. The molecule has 128 valence electrons. The zero-order valence-electron chi connectivity index (χ0n) is 13.7. The summed E-state index contributed by atoms with van der Waals surface area (Å²) in [5.74, 6) is 1.80. The number of benzene rings is 2. The van der Waals surface area contributed by atoms with Crippen LogP contribution in [-0.2, 0) is 0 Å². The predicted octanol–water partition coefficient (Wildman–Crippen LogP) is 4.60. The molecular weight excluding hydrogens is 338 g/mol. The highest BCUT2D eigenvalue weighted by Gasteiger charge is 2.10. The monoisotopic (exact) mass is 355 g/mol. The van der Waals surface area contributed by atoms with Crippen LogP contribution in [0.1, 0.15) is 6.92 Å². The van der Waals surface area contributed by atoms with Crippen molar-refractivity contribution in [3.8, 4) is 5.75 Å². The van der Waals surface area contributed by atoms with E-state index in [-0.39, 0.29) is 0 Å². The molecule has 7 heteroatoms. The van der Waals surface area contributed by atoms with Gasteiger partial charge in [-0.05, 0) is 43.3 Å². The molecule has 0 aliphatic rings. The van der Waals surface area contributed by atoms with E-state index in [0.717, 1.165) is 17.1 Å². The lowest BCUT2D eigenvalue weighted by molar-refractivity contribution is 0.340. The van der Waals surface area contributed by atoms with Crippen LogP contribution >= 0.6 is 11.6 Å². The number of nitrogens with two attached hydrogens (primary N) is 1. The van der Waals surface area contributed by atoms with Gasteiger partial charge in [-0.1, -0.05) is 23.7 Å². The molecule has 2 aromatic carbocycles. The fraction of sp³-hybridized carbons (Fsp3) is 0.111. The van der Waals surface area contributed by atoms with E-state index < -0.39 is 0 Å². The molecule has 4 N–H and O–H groups in total. The lowest BCUT2D eigenvalue weighted by atomic mass is 10.3. The summed E-state index contributed by atoms with van der Waals surface area (Å²) >= 11 is 6.16. The molecule has 0 saturated heterocycles. The van der Waals surface area contributed by atoms with Crippen LogP contribution in [0.25, 0.3) is 0 Å². The van der Waals surface area contributed by atoms with Gasteiger partial charge in [-0.2, -0.15) is 0 Å². The molecule has 3 rings (SSSR count). The van der Waals surface area contributed by atoms with Crippen molar-refractivity contribution in [3.63, 3.8) is 0 Å². The minimum atomic E-state index is 0.399. The average molecular weight is 356 g/mol. The summed E-state index contributed by atoms with van der Waals surface area (Å²) in [4.78, 5) is 8.40. The molecule has 0 amide bonds. The normalized spacial score (nSPS) is 10.3. The number of hydrogen-bond acceptors (Lipinski definition) is 6. The van der Waals surface area contributed by atoms with E-state index in [1.54, 1.807) is 6.07 Å². The number of nitrogen functional groups attached to an aromatic ring is 1. The topological polar surface area (TPSA) is 85.1 Å². The third kappa shape index (κ3) is 4.10. The van der Waals surface area contributed by atoms with Gasteiger partial charge < -0.3 is 21.1 Å². The van der Waals surface area contributed by atoms with Gasteiger partial charge in [-0.25, -0.2) is 9.97 Å². The van der Waals surface area contributed by atoms with E-state index in [4.69, 9.17) is 22.1 Å². The first kappa shape index (κ1) is 16.9. The Hall–Kier alpha value is -2.99. The molecule has 0 spiro atoms. The molecule has 0 bridgehead atoms. The summed E-state index contributed by atoms with van der Waals surface area (Å²) in [6.45, 7) is 2.57. The fourth-order valence-corrected chi connectivity index (χ4v) is 2.41. The predicted molar refractivity (Wildman–Crippen MR) is 102 cm³/mol. The first-order chi connectivity index (χ1) is 12.2. The van der Waals surface area contributed by atoms with Crippen molar-refractivity contribution in [2.75, 3.05) is 23.0 Å². The van der Waals surface area contributed by atoms with E-state index in [1.807, 2.05) is 49.4 Å². The standard InChI is InChI=1S/C18H18ClN5O/c1-2-25-13-9-7-12(8-10-13)23-17-16(20)18(22-11-21-17)24-15-6-4-3-5-14(15)19/h3-11H,2,20H2,1H3,(H2,21,22,23,24). The molecule has 0 radical (unpaired) electrons. The zero-order chi connectivity index (χ0) is 17.6. The molecule has 0 aliphatic carbocycles. The highest BCUT2D eigenvalue weighted by Crippen LogP contribution is 2.31. The Morgan fingerprint density at radius 1 is 1.00 bits per heavy atom. The Labute approximate surface area is 151 Å². The van der Waals surface area contributed by atoms with Gasteiger partial charge >= 0.3 is 0 Å². The smallest absolute Gasteiger partial charge is 0.159 e.